The van der Waals surface area contributed by atoms with Crippen LogP contribution in [0.3, 0.4) is 0 Å². The third kappa shape index (κ3) is 2.24. The molecule has 0 aromatic carbocycles. The smallest absolute Gasteiger partial charge is 0.313 e. The van der Waals surface area contributed by atoms with Gasteiger partial charge in [0.2, 0.25) is 3.79 Å². The molecule has 2 atom stereocenters. The molecule has 1 saturated carbocycles. The Morgan fingerprint density at radius 3 is 1.88 bits per heavy atom. The average Bonchev–Trinajstić information content (AvgIpc) is 2.45. The lowest BCUT2D eigenvalue weighted by Gasteiger charge is -2.23. The number of rotatable bonds is 2. The highest BCUT2D eigenvalue weighted by atomic mass is 35.6. The summed E-state index contributed by atoms with van der Waals surface area (Å²) in [4.78, 5) is 11.6. The normalized spacial score (nSPS) is 28.4. The van der Waals surface area contributed by atoms with Crippen LogP contribution in [0.2, 0.25) is 0 Å². The average molecular weight is 328 g/mol. The van der Waals surface area contributed by atoms with Gasteiger partial charge in [-0.1, -0.05) is 48.7 Å². The predicted octanol–water partition coefficient (Wildman–Crippen LogP) is 3.98. The monoisotopic (exact) mass is 326 g/mol. The molecule has 0 amide bonds. The number of carbonyl (C=O) groups excluding carboxylic acids is 1. The first kappa shape index (κ1) is 15.0. The van der Waals surface area contributed by atoms with E-state index in [9.17, 15) is 4.79 Å². The Morgan fingerprint density at radius 1 is 1.31 bits per heavy atom. The van der Waals surface area contributed by atoms with Crippen LogP contribution in [-0.4, -0.2) is 21.2 Å². The summed E-state index contributed by atoms with van der Waals surface area (Å²) in [6.45, 7) is 3.62. The Kier molecular flexibility index (Phi) is 3.97. The van der Waals surface area contributed by atoms with E-state index in [0.717, 1.165) is 0 Å². The summed E-state index contributed by atoms with van der Waals surface area (Å²) in [6.07, 6.45) is 0. The lowest BCUT2D eigenvalue weighted by Crippen LogP contribution is -2.33. The molecule has 0 aliphatic heterocycles. The topological polar surface area (TPSA) is 26.3 Å². The summed E-state index contributed by atoms with van der Waals surface area (Å²) in [6, 6.07) is 0. The highest BCUT2D eigenvalue weighted by Gasteiger charge is 2.76. The van der Waals surface area contributed by atoms with Gasteiger partial charge in [0.1, 0.15) is 10.3 Å². The van der Waals surface area contributed by atoms with E-state index in [-0.39, 0.29) is 0 Å². The third-order valence-corrected chi connectivity index (χ3v) is 5.23. The van der Waals surface area contributed by atoms with Crippen molar-refractivity contribution in [3.63, 3.8) is 0 Å². The number of hydrogen-bond acceptors (Lipinski definition) is 2. The first-order valence-corrected chi connectivity index (χ1v) is 6.39. The first-order chi connectivity index (χ1) is 6.98. The maximum Gasteiger partial charge on any atom is 0.313 e. The Morgan fingerprint density at radius 2 is 1.69 bits per heavy atom. The van der Waals surface area contributed by atoms with Crippen molar-refractivity contribution in [2.24, 2.45) is 17.3 Å². The molecule has 16 heavy (non-hydrogen) atoms. The molecule has 0 radical (unpaired) electrons. The number of esters is 1. The summed E-state index contributed by atoms with van der Waals surface area (Å²) in [5.41, 5.74) is -0.501. The van der Waals surface area contributed by atoms with Gasteiger partial charge >= 0.3 is 5.97 Å². The van der Waals surface area contributed by atoms with Crippen LogP contribution >= 0.6 is 58.0 Å². The lowest BCUT2D eigenvalue weighted by atomic mass is 9.98. The molecule has 0 spiro atoms. The van der Waals surface area contributed by atoms with Crippen LogP contribution in [-0.2, 0) is 9.53 Å². The van der Waals surface area contributed by atoms with E-state index in [1.807, 2.05) is 13.8 Å². The quantitative estimate of drug-likeness (QED) is 0.566. The fourth-order valence-electron chi connectivity index (χ4n) is 1.91. The molecule has 2 nitrogen and oxygen atoms in total. The van der Waals surface area contributed by atoms with Crippen molar-refractivity contribution in [3.8, 4) is 0 Å². The molecule has 0 saturated heterocycles. The van der Waals surface area contributed by atoms with Gasteiger partial charge in [-0.15, -0.1) is 23.2 Å². The van der Waals surface area contributed by atoms with E-state index >= 15 is 0 Å². The fraction of sp³-hybridized carbons (Fsp3) is 0.889. The Balaban J connectivity index is 3.04. The van der Waals surface area contributed by atoms with Crippen molar-refractivity contribution in [1.29, 1.82) is 0 Å². The van der Waals surface area contributed by atoms with E-state index in [1.165, 1.54) is 7.11 Å². The lowest BCUT2D eigenvalue weighted by molar-refractivity contribution is -0.146. The fourth-order valence-corrected chi connectivity index (χ4v) is 3.48. The zero-order valence-corrected chi connectivity index (χ0v) is 12.6. The van der Waals surface area contributed by atoms with Gasteiger partial charge in [0.15, 0.2) is 0 Å². The van der Waals surface area contributed by atoms with Gasteiger partial charge in [0, 0.05) is 11.3 Å². The third-order valence-electron chi connectivity index (χ3n) is 3.08. The molecule has 0 heterocycles. The van der Waals surface area contributed by atoms with Crippen molar-refractivity contribution in [1.82, 2.24) is 0 Å². The molecule has 0 bridgehead atoms. The maximum absolute atomic E-state index is 11.6. The van der Waals surface area contributed by atoms with Gasteiger partial charge in [-0.3, -0.25) is 4.79 Å². The first-order valence-electron chi connectivity index (χ1n) is 4.50. The summed E-state index contributed by atoms with van der Waals surface area (Å²) in [7, 11) is 1.23. The molecule has 0 aromatic heterocycles. The number of methoxy groups -OCH3 is 1. The van der Waals surface area contributed by atoms with Gasteiger partial charge < -0.3 is 4.74 Å². The minimum Gasteiger partial charge on any atom is -0.469 e. The molecule has 0 aromatic rings. The Labute approximate surface area is 119 Å². The molecule has 1 aliphatic carbocycles. The van der Waals surface area contributed by atoms with Crippen LogP contribution < -0.4 is 0 Å². The summed E-state index contributed by atoms with van der Waals surface area (Å²) in [5, 5.41) is 0. The van der Waals surface area contributed by atoms with E-state index < -0.39 is 31.3 Å². The van der Waals surface area contributed by atoms with Crippen LogP contribution in [0, 0.1) is 17.3 Å². The SMILES string of the molecule is COC(=O)C(C1C(C)(C)C1(Cl)Cl)C(Cl)(Cl)Cl. The second-order valence-corrected chi connectivity index (χ2v) is 8.12. The number of ether oxygens (including phenoxy) is 1. The van der Waals surface area contributed by atoms with Crippen LogP contribution in [0.1, 0.15) is 13.8 Å². The molecule has 7 heteroatoms. The van der Waals surface area contributed by atoms with Crippen molar-refractivity contribution in [2.75, 3.05) is 7.11 Å². The molecule has 1 fully saturated rings. The Bertz CT molecular complexity index is 294. The van der Waals surface area contributed by atoms with Crippen molar-refractivity contribution in [2.45, 2.75) is 22.0 Å². The van der Waals surface area contributed by atoms with Gasteiger partial charge in [-0.05, 0) is 0 Å². The zero-order chi connectivity index (χ0) is 12.9. The highest BCUT2D eigenvalue weighted by molar-refractivity contribution is 6.68. The molecule has 0 N–H and O–H groups in total. The molecule has 94 valence electrons. The number of alkyl halides is 5. The van der Waals surface area contributed by atoms with E-state index in [1.54, 1.807) is 0 Å². The van der Waals surface area contributed by atoms with Gasteiger partial charge in [-0.2, -0.15) is 0 Å². The minimum atomic E-state index is -1.79. The largest absolute Gasteiger partial charge is 0.469 e. The number of hydrogen-bond donors (Lipinski definition) is 0. The van der Waals surface area contributed by atoms with E-state index in [2.05, 4.69) is 4.74 Å². The summed E-state index contributed by atoms with van der Waals surface area (Å²) >= 11 is 29.5. The maximum atomic E-state index is 11.6. The number of carbonyl (C=O) groups is 1. The molecular weight excluding hydrogens is 317 g/mol. The highest BCUT2D eigenvalue weighted by Crippen LogP contribution is 2.73. The van der Waals surface area contributed by atoms with Crippen LogP contribution in [0.4, 0.5) is 0 Å². The minimum absolute atomic E-state index is 0.455. The van der Waals surface area contributed by atoms with Gasteiger partial charge in [0.05, 0.1) is 7.11 Å². The molecular formula is C9H11Cl5O2. The van der Waals surface area contributed by atoms with Crippen molar-refractivity contribution >= 4 is 64.0 Å². The molecule has 2 unspecified atom stereocenters. The zero-order valence-electron chi connectivity index (χ0n) is 8.86. The second kappa shape index (κ2) is 4.24. The van der Waals surface area contributed by atoms with Crippen molar-refractivity contribution < 1.29 is 9.53 Å². The van der Waals surface area contributed by atoms with Crippen LogP contribution in [0.5, 0.6) is 0 Å². The predicted molar refractivity (Wildman–Crippen MR) is 67.5 cm³/mol. The van der Waals surface area contributed by atoms with Crippen LogP contribution in [0.25, 0.3) is 0 Å². The Hall–Kier alpha value is 0.920. The molecule has 1 rings (SSSR count). The summed E-state index contributed by atoms with van der Waals surface area (Å²) < 4.78 is 1.74. The van der Waals surface area contributed by atoms with E-state index in [0.29, 0.717) is 0 Å². The van der Waals surface area contributed by atoms with Crippen LogP contribution in [0.15, 0.2) is 0 Å². The van der Waals surface area contributed by atoms with Crippen molar-refractivity contribution in [3.05, 3.63) is 0 Å². The van der Waals surface area contributed by atoms with E-state index in [4.69, 9.17) is 58.0 Å². The summed E-state index contributed by atoms with van der Waals surface area (Å²) in [5.74, 6) is -2.06. The number of halogens is 5. The second-order valence-electron chi connectivity index (χ2n) is 4.36. The standard InChI is InChI=1S/C9H11Cl5O2/c1-7(2)5(8(7,10)11)4(6(15)16-3)9(12,13)14/h4-5H,1-3H3. The van der Waals surface area contributed by atoms with Gasteiger partial charge in [0.25, 0.3) is 0 Å². The molecule has 1 aliphatic rings. The van der Waals surface area contributed by atoms with Gasteiger partial charge in [-0.25, -0.2) is 0 Å².